The van der Waals surface area contributed by atoms with Gasteiger partial charge >= 0.3 is 0 Å². The lowest BCUT2D eigenvalue weighted by Crippen LogP contribution is -2.56. The van der Waals surface area contributed by atoms with Gasteiger partial charge in [-0.15, -0.1) is 0 Å². The van der Waals surface area contributed by atoms with Crippen LogP contribution < -0.4 is 0 Å². The second-order valence-corrected chi connectivity index (χ2v) is 8.63. The number of piperidine rings is 2. The van der Waals surface area contributed by atoms with Crippen LogP contribution in [0.5, 0.6) is 0 Å². The Morgan fingerprint density at radius 1 is 1.17 bits per heavy atom. The van der Waals surface area contributed by atoms with Gasteiger partial charge in [0.15, 0.2) is 0 Å². The number of fused-ring (bicyclic) bond motifs is 2. The summed E-state index contributed by atoms with van der Waals surface area (Å²) in [5.41, 5.74) is 0.381. The molecule has 0 aromatic carbocycles. The van der Waals surface area contributed by atoms with Crippen LogP contribution in [0, 0.1) is 17.3 Å². The minimum atomic E-state index is 0.255. The van der Waals surface area contributed by atoms with E-state index in [1.165, 1.54) is 19.3 Å². The molecule has 1 amide bonds. The third-order valence-electron chi connectivity index (χ3n) is 6.92. The van der Waals surface area contributed by atoms with Crippen LogP contribution in [0.2, 0.25) is 0 Å². The molecule has 0 aromatic heterocycles. The zero-order valence-corrected chi connectivity index (χ0v) is 15.4. The summed E-state index contributed by atoms with van der Waals surface area (Å²) in [5, 5.41) is 0. The van der Waals surface area contributed by atoms with Crippen molar-refractivity contribution >= 4 is 5.91 Å². The van der Waals surface area contributed by atoms with Gasteiger partial charge in [-0.25, -0.2) is 0 Å². The van der Waals surface area contributed by atoms with Crippen molar-refractivity contribution in [3.8, 4) is 0 Å². The van der Waals surface area contributed by atoms with E-state index in [4.69, 9.17) is 4.74 Å². The molecule has 3 saturated heterocycles. The molecule has 0 spiro atoms. The predicted octanol–water partition coefficient (Wildman–Crippen LogP) is 2.77. The van der Waals surface area contributed by atoms with E-state index in [1.807, 2.05) is 0 Å². The maximum atomic E-state index is 13.2. The summed E-state index contributed by atoms with van der Waals surface area (Å²) < 4.78 is 5.16. The summed E-state index contributed by atoms with van der Waals surface area (Å²) in [6.07, 6.45) is 5.67. The van der Waals surface area contributed by atoms with Crippen molar-refractivity contribution in [3.63, 3.8) is 0 Å². The molecule has 0 N–H and O–H groups in total. The molecule has 3 fully saturated rings. The predicted molar refractivity (Wildman–Crippen MR) is 92.3 cm³/mol. The molecule has 3 unspecified atom stereocenters. The van der Waals surface area contributed by atoms with Gasteiger partial charge in [-0.1, -0.05) is 20.8 Å². The third kappa shape index (κ3) is 3.30. The molecule has 23 heavy (non-hydrogen) atoms. The maximum Gasteiger partial charge on any atom is 0.226 e. The minimum absolute atomic E-state index is 0.255. The number of rotatable bonds is 4. The molecule has 3 rings (SSSR count). The molecule has 3 aliphatic rings. The first kappa shape index (κ1) is 17.2. The fraction of sp³-hybridized carbons (Fsp3) is 0.947. The third-order valence-corrected chi connectivity index (χ3v) is 6.92. The van der Waals surface area contributed by atoms with Crippen LogP contribution in [0.3, 0.4) is 0 Å². The first-order chi connectivity index (χ1) is 10.9. The van der Waals surface area contributed by atoms with Gasteiger partial charge in [0.1, 0.15) is 0 Å². The van der Waals surface area contributed by atoms with Crippen molar-refractivity contribution < 1.29 is 9.53 Å². The van der Waals surface area contributed by atoms with Crippen LogP contribution in [0.15, 0.2) is 0 Å². The molecule has 0 aromatic rings. The monoisotopic (exact) mass is 322 g/mol. The number of hydrogen-bond donors (Lipinski definition) is 0. The van der Waals surface area contributed by atoms with Crippen LogP contribution >= 0.6 is 0 Å². The number of carbonyl (C=O) groups excluding carboxylic acids is 1. The molecular weight excluding hydrogens is 288 g/mol. The summed E-state index contributed by atoms with van der Waals surface area (Å²) in [7, 11) is 1.76. The van der Waals surface area contributed by atoms with Gasteiger partial charge in [-0.05, 0) is 56.5 Å². The minimum Gasteiger partial charge on any atom is -0.383 e. The Labute approximate surface area is 141 Å². The Balaban J connectivity index is 1.59. The molecule has 4 heteroatoms. The number of hydrogen-bond acceptors (Lipinski definition) is 3. The lowest BCUT2D eigenvalue weighted by molar-refractivity contribution is -0.146. The molecule has 3 aliphatic heterocycles. The van der Waals surface area contributed by atoms with E-state index in [2.05, 4.69) is 30.6 Å². The van der Waals surface area contributed by atoms with Crippen LogP contribution in [0.4, 0.5) is 0 Å². The van der Waals surface area contributed by atoms with E-state index in [-0.39, 0.29) is 5.92 Å². The highest BCUT2D eigenvalue weighted by Gasteiger charge is 2.51. The lowest BCUT2D eigenvalue weighted by Gasteiger charge is -2.49. The van der Waals surface area contributed by atoms with E-state index in [0.717, 1.165) is 39.1 Å². The first-order valence-electron chi connectivity index (χ1n) is 9.47. The smallest absolute Gasteiger partial charge is 0.226 e. The quantitative estimate of drug-likeness (QED) is 0.798. The van der Waals surface area contributed by atoms with Crippen LogP contribution in [-0.2, 0) is 9.53 Å². The molecule has 3 atom stereocenters. The number of nitrogens with zero attached hydrogens (tertiary/aromatic N) is 2. The highest BCUT2D eigenvalue weighted by atomic mass is 16.5. The molecular formula is C19H34N2O2. The van der Waals surface area contributed by atoms with E-state index >= 15 is 0 Å². The van der Waals surface area contributed by atoms with Crippen molar-refractivity contribution in [1.82, 2.24) is 9.80 Å². The van der Waals surface area contributed by atoms with Gasteiger partial charge in [0.2, 0.25) is 5.91 Å². The Hall–Kier alpha value is -0.610. The van der Waals surface area contributed by atoms with Gasteiger partial charge in [-0.2, -0.15) is 0 Å². The molecule has 0 saturated carbocycles. The lowest BCUT2D eigenvalue weighted by atomic mass is 9.70. The van der Waals surface area contributed by atoms with Crippen molar-refractivity contribution in [2.24, 2.45) is 17.3 Å². The van der Waals surface area contributed by atoms with Crippen molar-refractivity contribution in [3.05, 3.63) is 0 Å². The van der Waals surface area contributed by atoms with Gasteiger partial charge < -0.3 is 14.5 Å². The van der Waals surface area contributed by atoms with Gasteiger partial charge in [0, 0.05) is 31.7 Å². The van der Waals surface area contributed by atoms with Crippen molar-refractivity contribution in [2.75, 3.05) is 33.4 Å². The van der Waals surface area contributed by atoms with Crippen molar-refractivity contribution in [1.29, 1.82) is 0 Å². The number of likely N-dealkylation sites (tertiary alicyclic amines) is 1. The van der Waals surface area contributed by atoms with E-state index in [9.17, 15) is 4.79 Å². The Morgan fingerprint density at radius 3 is 2.52 bits per heavy atom. The molecule has 2 bridgehead atoms. The summed E-state index contributed by atoms with van der Waals surface area (Å²) in [6.45, 7) is 11.0. The molecule has 132 valence electrons. The standard InChI is InChI=1S/C19H34N2O2/c1-14-17-6-5-16(13-19(14,2)3)21(17)18(22)15-7-9-20(10-8-15)11-12-23-4/h14-17H,5-13H2,1-4H3. The molecule has 0 aliphatic carbocycles. The summed E-state index contributed by atoms with van der Waals surface area (Å²) >= 11 is 0. The molecule has 3 heterocycles. The highest BCUT2D eigenvalue weighted by Crippen LogP contribution is 2.49. The zero-order chi connectivity index (χ0) is 16.6. The number of methoxy groups -OCH3 is 1. The summed E-state index contributed by atoms with van der Waals surface area (Å²) in [6, 6.07) is 0.994. The van der Waals surface area contributed by atoms with Gasteiger partial charge in [0.05, 0.1) is 6.61 Å². The summed E-state index contributed by atoms with van der Waals surface area (Å²) in [4.78, 5) is 17.9. The topological polar surface area (TPSA) is 32.8 Å². The average molecular weight is 322 g/mol. The average Bonchev–Trinajstić information content (AvgIpc) is 2.89. The molecule has 4 nitrogen and oxygen atoms in total. The Bertz CT molecular complexity index is 429. The number of amides is 1. The second-order valence-electron chi connectivity index (χ2n) is 8.63. The normalized spacial score (nSPS) is 34.8. The van der Waals surface area contributed by atoms with Gasteiger partial charge in [-0.3, -0.25) is 4.79 Å². The van der Waals surface area contributed by atoms with E-state index in [1.54, 1.807) is 7.11 Å². The largest absolute Gasteiger partial charge is 0.383 e. The number of ether oxygens (including phenoxy) is 1. The Kier molecular flexibility index (Phi) is 5.03. The second kappa shape index (κ2) is 6.72. The first-order valence-corrected chi connectivity index (χ1v) is 9.47. The maximum absolute atomic E-state index is 13.2. The Morgan fingerprint density at radius 2 is 1.87 bits per heavy atom. The highest BCUT2D eigenvalue weighted by molar-refractivity contribution is 5.80. The fourth-order valence-electron chi connectivity index (χ4n) is 5.10. The van der Waals surface area contributed by atoms with Crippen LogP contribution in [-0.4, -0.2) is 61.1 Å². The van der Waals surface area contributed by atoms with E-state index < -0.39 is 0 Å². The summed E-state index contributed by atoms with van der Waals surface area (Å²) in [5.74, 6) is 1.34. The van der Waals surface area contributed by atoms with Crippen LogP contribution in [0.1, 0.15) is 52.9 Å². The molecule has 0 radical (unpaired) electrons. The van der Waals surface area contributed by atoms with Crippen LogP contribution in [0.25, 0.3) is 0 Å². The van der Waals surface area contributed by atoms with E-state index in [0.29, 0.717) is 29.3 Å². The fourth-order valence-corrected chi connectivity index (χ4v) is 5.10. The van der Waals surface area contributed by atoms with Gasteiger partial charge in [0.25, 0.3) is 0 Å². The van der Waals surface area contributed by atoms with Crippen molar-refractivity contribution in [2.45, 2.75) is 65.0 Å². The zero-order valence-electron chi connectivity index (χ0n) is 15.4. The SMILES string of the molecule is COCCN1CCC(C(=O)N2C3CCC2C(C)C(C)(C)C3)CC1. The number of carbonyl (C=O) groups is 1.